The number of aliphatic hydroxyl groups is 1. The zero-order valence-corrected chi connectivity index (χ0v) is 18.7. The zero-order chi connectivity index (χ0) is 23.4. The summed E-state index contributed by atoms with van der Waals surface area (Å²) in [4.78, 5) is 21.5. The normalized spacial score (nSPS) is 12.0. The molecule has 0 radical (unpaired) electrons. The van der Waals surface area contributed by atoms with Gasteiger partial charge in [0, 0.05) is 18.2 Å². The van der Waals surface area contributed by atoms with Crippen LogP contribution in [0.5, 0.6) is 11.5 Å². The summed E-state index contributed by atoms with van der Waals surface area (Å²) in [5, 5.41) is 12.1. The molecule has 2 aromatic carbocycles. The standard InChI is InChI=1S/C25H27N5O3/c1-3-18(15-31)30(22(32)4-2)29-14-21(23-24(26)27-16-28-25(23)29)17-10-12-20(13-11-17)33-19-8-6-5-7-9-19/h5-14,16,18,31H,3-4,15H2,1-2H3,(H2,26,27,28). The second-order valence-electron chi connectivity index (χ2n) is 7.62. The Bertz CT molecular complexity index is 1230. The van der Waals surface area contributed by atoms with Gasteiger partial charge in [0.15, 0.2) is 5.65 Å². The molecule has 170 valence electrons. The first-order valence-corrected chi connectivity index (χ1v) is 10.9. The zero-order valence-electron chi connectivity index (χ0n) is 18.7. The molecule has 4 aromatic rings. The van der Waals surface area contributed by atoms with Crippen molar-refractivity contribution < 1.29 is 14.6 Å². The molecule has 0 aliphatic rings. The van der Waals surface area contributed by atoms with Gasteiger partial charge < -0.3 is 15.6 Å². The molecule has 8 heteroatoms. The number of nitrogen functional groups attached to an aromatic ring is 1. The fraction of sp³-hybridized carbons (Fsp3) is 0.240. The van der Waals surface area contributed by atoms with Crippen molar-refractivity contribution in [1.82, 2.24) is 14.6 Å². The van der Waals surface area contributed by atoms with Gasteiger partial charge in [-0.1, -0.05) is 44.2 Å². The number of carbonyl (C=O) groups is 1. The lowest BCUT2D eigenvalue weighted by Crippen LogP contribution is -2.49. The van der Waals surface area contributed by atoms with Crippen LogP contribution in [0.3, 0.4) is 0 Å². The molecule has 1 atom stereocenters. The summed E-state index contributed by atoms with van der Waals surface area (Å²) in [7, 11) is 0. The number of para-hydroxylation sites is 1. The van der Waals surface area contributed by atoms with E-state index in [4.69, 9.17) is 10.5 Å². The predicted molar refractivity (Wildman–Crippen MR) is 129 cm³/mol. The van der Waals surface area contributed by atoms with Crippen molar-refractivity contribution in [3.05, 3.63) is 67.1 Å². The lowest BCUT2D eigenvalue weighted by Gasteiger charge is -2.30. The molecule has 33 heavy (non-hydrogen) atoms. The number of nitrogens with zero attached hydrogens (tertiary/aromatic N) is 4. The van der Waals surface area contributed by atoms with Gasteiger partial charge in [-0.3, -0.25) is 4.79 Å². The van der Waals surface area contributed by atoms with Gasteiger partial charge in [-0.2, -0.15) is 0 Å². The number of aromatic nitrogens is 3. The number of carbonyl (C=O) groups excluding carboxylic acids is 1. The molecule has 1 amide bonds. The van der Waals surface area contributed by atoms with Gasteiger partial charge in [0.1, 0.15) is 23.6 Å². The van der Waals surface area contributed by atoms with Crippen molar-refractivity contribution in [1.29, 1.82) is 0 Å². The highest BCUT2D eigenvalue weighted by molar-refractivity contribution is 6.02. The predicted octanol–water partition coefficient (Wildman–Crippen LogP) is 4.12. The van der Waals surface area contributed by atoms with E-state index in [0.29, 0.717) is 29.0 Å². The molecule has 0 fully saturated rings. The Kier molecular flexibility index (Phi) is 6.55. The van der Waals surface area contributed by atoms with Gasteiger partial charge >= 0.3 is 0 Å². The third-order valence-corrected chi connectivity index (χ3v) is 5.56. The van der Waals surface area contributed by atoms with Crippen LogP contribution in [0.4, 0.5) is 5.82 Å². The van der Waals surface area contributed by atoms with Crippen LogP contribution >= 0.6 is 0 Å². The summed E-state index contributed by atoms with van der Waals surface area (Å²) in [5.41, 5.74) is 8.42. The number of benzene rings is 2. The lowest BCUT2D eigenvalue weighted by atomic mass is 10.1. The van der Waals surface area contributed by atoms with Crippen molar-refractivity contribution in [3.8, 4) is 22.6 Å². The summed E-state index contributed by atoms with van der Waals surface area (Å²) < 4.78 is 7.58. The summed E-state index contributed by atoms with van der Waals surface area (Å²) in [6.07, 6.45) is 4.08. The minimum atomic E-state index is -0.390. The van der Waals surface area contributed by atoms with E-state index in [1.807, 2.05) is 67.7 Å². The first-order valence-electron chi connectivity index (χ1n) is 10.9. The molecule has 2 aromatic heterocycles. The molecular weight excluding hydrogens is 418 g/mol. The Hall–Kier alpha value is -3.91. The Balaban J connectivity index is 1.79. The molecule has 3 N–H and O–H groups in total. The van der Waals surface area contributed by atoms with Gasteiger partial charge in [-0.15, -0.1) is 0 Å². The number of nitrogens with two attached hydrogens (primary N) is 1. The quantitative estimate of drug-likeness (QED) is 0.423. The number of amides is 1. The number of ether oxygens (including phenoxy) is 1. The topological polar surface area (TPSA) is 106 Å². The lowest BCUT2D eigenvalue weighted by molar-refractivity contribution is -0.120. The minimum absolute atomic E-state index is 0.122. The largest absolute Gasteiger partial charge is 0.457 e. The molecule has 0 aliphatic carbocycles. The SMILES string of the molecule is CCC(=O)N(C(CC)CO)n1cc(-c2ccc(Oc3ccccc3)cc2)c2c(N)ncnc21. The van der Waals surface area contributed by atoms with Crippen molar-refractivity contribution >= 4 is 22.8 Å². The van der Waals surface area contributed by atoms with E-state index in [9.17, 15) is 9.90 Å². The first kappa shape index (κ1) is 22.3. The number of hydrogen-bond acceptors (Lipinski definition) is 6. The molecule has 1 unspecified atom stereocenters. The van der Waals surface area contributed by atoms with Gasteiger partial charge in [-0.25, -0.2) is 19.7 Å². The highest BCUT2D eigenvalue weighted by Gasteiger charge is 2.26. The van der Waals surface area contributed by atoms with E-state index < -0.39 is 6.04 Å². The van der Waals surface area contributed by atoms with Gasteiger partial charge in [0.05, 0.1) is 18.0 Å². The Morgan fingerprint density at radius 3 is 2.42 bits per heavy atom. The average Bonchev–Trinajstić information content (AvgIpc) is 3.23. The minimum Gasteiger partial charge on any atom is -0.457 e. The summed E-state index contributed by atoms with van der Waals surface area (Å²) in [6, 6.07) is 16.8. The molecule has 2 heterocycles. The molecule has 0 spiro atoms. The number of rotatable bonds is 8. The fourth-order valence-corrected chi connectivity index (χ4v) is 3.82. The monoisotopic (exact) mass is 445 g/mol. The number of hydrogen-bond donors (Lipinski definition) is 2. The van der Waals surface area contributed by atoms with Crippen LogP contribution in [-0.2, 0) is 4.79 Å². The third kappa shape index (κ3) is 4.38. The molecule has 4 rings (SSSR count). The first-order chi connectivity index (χ1) is 16.1. The fourth-order valence-electron chi connectivity index (χ4n) is 3.82. The summed E-state index contributed by atoms with van der Waals surface area (Å²) in [6.45, 7) is 3.56. The summed E-state index contributed by atoms with van der Waals surface area (Å²) >= 11 is 0. The second-order valence-corrected chi connectivity index (χ2v) is 7.62. The molecule has 8 nitrogen and oxygen atoms in total. The highest BCUT2D eigenvalue weighted by atomic mass is 16.5. The van der Waals surface area contributed by atoms with E-state index in [1.54, 1.807) is 16.6 Å². The van der Waals surface area contributed by atoms with Crippen LogP contribution in [0, 0.1) is 0 Å². The molecule has 0 saturated heterocycles. The third-order valence-electron chi connectivity index (χ3n) is 5.56. The van der Waals surface area contributed by atoms with Crippen LogP contribution in [0.1, 0.15) is 26.7 Å². The van der Waals surface area contributed by atoms with Crippen LogP contribution in [0.15, 0.2) is 67.1 Å². The van der Waals surface area contributed by atoms with Gasteiger partial charge in [0.2, 0.25) is 5.91 Å². The van der Waals surface area contributed by atoms with Crippen molar-refractivity contribution in [2.75, 3.05) is 17.3 Å². The smallest absolute Gasteiger partial charge is 0.241 e. The van der Waals surface area contributed by atoms with E-state index in [-0.39, 0.29) is 18.9 Å². The van der Waals surface area contributed by atoms with Crippen molar-refractivity contribution in [3.63, 3.8) is 0 Å². The van der Waals surface area contributed by atoms with Gasteiger partial charge in [0.25, 0.3) is 0 Å². The maximum Gasteiger partial charge on any atom is 0.241 e. The number of fused-ring (bicyclic) bond motifs is 1. The molecule has 0 bridgehead atoms. The molecule has 0 saturated carbocycles. The van der Waals surface area contributed by atoms with Crippen LogP contribution in [0.25, 0.3) is 22.2 Å². The Labute approximate surface area is 192 Å². The van der Waals surface area contributed by atoms with Crippen molar-refractivity contribution in [2.45, 2.75) is 32.7 Å². The number of aliphatic hydroxyl groups excluding tert-OH is 1. The van der Waals surface area contributed by atoms with E-state index in [0.717, 1.165) is 16.9 Å². The average molecular weight is 446 g/mol. The maximum absolute atomic E-state index is 12.9. The maximum atomic E-state index is 12.9. The second kappa shape index (κ2) is 9.70. The number of anilines is 1. The van der Waals surface area contributed by atoms with E-state index in [2.05, 4.69) is 9.97 Å². The molecule has 0 aliphatic heterocycles. The van der Waals surface area contributed by atoms with Crippen LogP contribution in [-0.4, -0.2) is 38.3 Å². The van der Waals surface area contributed by atoms with Gasteiger partial charge in [-0.05, 0) is 36.2 Å². The van der Waals surface area contributed by atoms with Crippen molar-refractivity contribution in [2.24, 2.45) is 0 Å². The van der Waals surface area contributed by atoms with E-state index in [1.165, 1.54) is 6.33 Å². The molecular formula is C25H27N5O3. The van der Waals surface area contributed by atoms with E-state index >= 15 is 0 Å². The van der Waals surface area contributed by atoms with Crippen LogP contribution < -0.4 is 15.5 Å². The Morgan fingerprint density at radius 1 is 1.09 bits per heavy atom. The summed E-state index contributed by atoms with van der Waals surface area (Å²) in [5.74, 6) is 1.65. The Morgan fingerprint density at radius 2 is 1.79 bits per heavy atom. The van der Waals surface area contributed by atoms with Crippen LogP contribution in [0.2, 0.25) is 0 Å². The highest BCUT2D eigenvalue weighted by Crippen LogP contribution is 2.34.